The minimum atomic E-state index is -0.588. The van der Waals surface area contributed by atoms with Crippen molar-refractivity contribution >= 4 is 23.2 Å². The van der Waals surface area contributed by atoms with Crippen molar-refractivity contribution in [2.45, 2.75) is 110 Å². The third kappa shape index (κ3) is 10.7. The fourth-order valence-corrected chi connectivity index (χ4v) is 3.98. The van der Waals surface area contributed by atoms with Gasteiger partial charge in [0.15, 0.2) is 17.6 Å². The fourth-order valence-electron chi connectivity index (χ4n) is 3.81. The molecule has 9 heteroatoms. The average Bonchev–Trinajstić information content (AvgIpc) is 3.34. The maximum atomic E-state index is 12.0. The van der Waals surface area contributed by atoms with E-state index in [4.69, 9.17) is 21.1 Å². The number of fused-ring (bicyclic) bond motifs is 1. The Morgan fingerprint density at radius 1 is 1.06 bits per heavy atom. The van der Waals surface area contributed by atoms with Gasteiger partial charge in [-0.1, -0.05) is 89.2 Å². The molecule has 0 amide bonds. The minimum absolute atomic E-state index is 0.264. The van der Waals surface area contributed by atoms with Crippen LogP contribution in [0.4, 0.5) is 0 Å². The van der Waals surface area contributed by atoms with Crippen molar-refractivity contribution in [3.8, 4) is 0 Å². The summed E-state index contributed by atoms with van der Waals surface area (Å²) in [6.07, 6.45) is 15.5. The van der Waals surface area contributed by atoms with Gasteiger partial charge in [-0.15, -0.1) is 5.10 Å². The molecule has 2 rings (SSSR count). The maximum absolute atomic E-state index is 12.0. The largest absolute Gasteiger partial charge is 0.464 e. The Bertz CT molecular complexity index is 823. The van der Waals surface area contributed by atoms with Gasteiger partial charge in [0.05, 0.1) is 19.0 Å². The van der Waals surface area contributed by atoms with Crippen molar-refractivity contribution in [3.05, 3.63) is 16.5 Å². The zero-order valence-electron chi connectivity index (χ0n) is 21.3. The molecule has 0 saturated heterocycles. The number of ether oxygens (including phenoxy) is 2. The first kappa shape index (κ1) is 28.6. The van der Waals surface area contributed by atoms with Crippen LogP contribution < -0.4 is 5.32 Å². The van der Waals surface area contributed by atoms with Crippen LogP contribution in [-0.4, -0.2) is 51.8 Å². The lowest BCUT2D eigenvalue weighted by Gasteiger charge is -2.13. The van der Waals surface area contributed by atoms with Crippen LogP contribution in [0.15, 0.2) is 0 Å². The van der Waals surface area contributed by atoms with Gasteiger partial charge < -0.3 is 9.47 Å². The normalized spacial score (nSPS) is 12.5. The topological polar surface area (TPSA) is 93.5 Å². The van der Waals surface area contributed by atoms with E-state index in [-0.39, 0.29) is 12.7 Å². The summed E-state index contributed by atoms with van der Waals surface area (Å²) < 4.78 is 12.4. The zero-order chi connectivity index (χ0) is 24.6. The number of esters is 1. The highest BCUT2D eigenvalue weighted by Gasteiger charge is 2.15. The van der Waals surface area contributed by atoms with Gasteiger partial charge in [-0.2, -0.15) is 4.63 Å². The first-order chi connectivity index (χ1) is 16.5. The molecule has 2 N–H and O–H groups in total. The molecule has 0 aliphatic carbocycles. The van der Waals surface area contributed by atoms with Crippen molar-refractivity contribution in [1.82, 2.24) is 25.1 Å². The molecule has 1 atom stereocenters. The number of carbonyl (C=O) groups is 1. The first-order valence-corrected chi connectivity index (χ1v) is 13.5. The molecule has 0 saturated carbocycles. The summed E-state index contributed by atoms with van der Waals surface area (Å²) in [5.41, 5.74) is 1.48. The van der Waals surface area contributed by atoms with Gasteiger partial charge in [-0.25, -0.2) is 9.78 Å². The Kier molecular flexibility index (Phi) is 14.2. The third-order valence-electron chi connectivity index (χ3n) is 5.99. The lowest BCUT2D eigenvalue weighted by molar-refractivity contribution is -0.156. The number of halogens is 1. The van der Waals surface area contributed by atoms with Gasteiger partial charge >= 0.3 is 5.97 Å². The molecule has 194 valence electrons. The molecular weight excluding hydrogens is 454 g/mol. The standard InChI is InChI=1S/C25H44ClN5O3/c1-4-5-6-7-8-9-10-11-12-13-14-15-18-33-25(32)21(3)34-19-27-17-16-22-28-24-23(26)20(2)29-31(24)30-22/h21,27,29H,4-19H2,1-3H3. The molecule has 2 aromatic rings. The number of aromatic nitrogens is 4. The van der Waals surface area contributed by atoms with Crippen LogP contribution in [0.3, 0.4) is 0 Å². The smallest absolute Gasteiger partial charge is 0.335 e. The number of aromatic amines is 1. The predicted molar refractivity (Wildman–Crippen MR) is 136 cm³/mol. The average molecular weight is 498 g/mol. The molecule has 1 unspecified atom stereocenters. The van der Waals surface area contributed by atoms with Crippen molar-refractivity contribution in [3.63, 3.8) is 0 Å². The molecular formula is C25H44ClN5O3. The lowest BCUT2D eigenvalue weighted by atomic mass is 10.1. The second-order valence-electron chi connectivity index (χ2n) is 9.07. The summed E-state index contributed by atoms with van der Waals surface area (Å²) in [7, 11) is 0. The third-order valence-corrected chi connectivity index (χ3v) is 6.44. The minimum Gasteiger partial charge on any atom is -0.464 e. The van der Waals surface area contributed by atoms with Gasteiger partial charge in [-0.05, 0) is 20.3 Å². The summed E-state index contributed by atoms with van der Waals surface area (Å²) in [5, 5.41) is 11.1. The molecule has 34 heavy (non-hydrogen) atoms. The number of rotatable bonds is 20. The number of aryl methyl sites for hydroxylation is 1. The van der Waals surface area contributed by atoms with Crippen LogP contribution in [-0.2, 0) is 20.7 Å². The highest BCUT2D eigenvalue weighted by Crippen LogP contribution is 2.19. The molecule has 2 aromatic heterocycles. The van der Waals surface area contributed by atoms with E-state index >= 15 is 0 Å². The summed E-state index contributed by atoms with van der Waals surface area (Å²) in [6.45, 7) is 7.22. The quantitative estimate of drug-likeness (QED) is 0.137. The van der Waals surface area contributed by atoms with Crippen molar-refractivity contribution in [1.29, 1.82) is 0 Å². The van der Waals surface area contributed by atoms with E-state index in [1.807, 2.05) is 6.92 Å². The van der Waals surface area contributed by atoms with E-state index < -0.39 is 6.10 Å². The molecule has 0 fully saturated rings. The monoisotopic (exact) mass is 497 g/mol. The van der Waals surface area contributed by atoms with Crippen molar-refractivity contribution in [2.75, 3.05) is 19.9 Å². The van der Waals surface area contributed by atoms with Crippen LogP contribution in [0.1, 0.15) is 102 Å². The molecule has 0 aromatic carbocycles. The van der Waals surface area contributed by atoms with Gasteiger partial charge in [0.2, 0.25) is 0 Å². The van der Waals surface area contributed by atoms with E-state index in [1.54, 1.807) is 11.6 Å². The number of unbranched alkanes of at least 4 members (excludes halogenated alkanes) is 11. The Morgan fingerprint density at radius 2 is 1.68 bits per heavy atom. The molecule has 2 heterocycles. The second-order valence-corrected chi connectivity index (χ2v) is 9.45. The lowest BCUT2D eigenvalue weighted by Crippen LogP contribution is -2.30. The second kappa shape index (κ2) is 16.9. The Morgan fingerprint density at radius 3 is 2.29 bits per heavy atom. The van der Waals surface area contributed by atoms with Gasteiger partial charge in [0.1, 0.15) is 5.02 Å². The highest BCUT2D eigenvalue weighted by atomic mass is 35.5. The van der Waals surface area contributed by atoms with Gasteiger partial charge in [-0.3, -0.25) is 10.4 Å². The van der Waals surface area contributed by atoms with Crippen molar-refractivity contribution < 1.29 is 14.3 Å². The fraction of sp³-hybridized carbons (Fsp3) is 0.800. The number of nitrogens with zero attached hydrogens (tertiary/aromatic N) is 3. The van der Waals surface area contributed by atoms with Crippen LogP contribution in [0, 0.1) is 6.92 Å². The van der Waals surface area contributed by atoms with E-state index in [0.717, 1.165) is 18.5 Å². The summed E-state index contributed by atoms with van der Waals surface area (Å²) in [4.78, 5) is 16.5. The molecule has 0 spiro atoms. The van der Waals surface area contributed by atoms with E-state index in [9.17, 15) is 4.79 Å². The zero-order valence-corrected chi connectivity index (χ0v) is 22.1. The molecule has 8 nitrogen and oxygen atoms in total. The van der Waals surface area contributed by atoms with Gasteiger partial charge in [0, 0.05) is 13.0 Å². The Balaban J connectivity index is 1.39. The summed E-state index contributed by atoms with van der Waals surface area (Å²) >= 11 is 6.17. The summed E-state index contributed by atoms with van der Waals surface area (Å²) in [5.74, 6) is 0.385. The summed E-state index contributed by atoms with van der Waals surface area (Å²) in [6, 6.07) is 0. The number of nitrogens with one attached hydrogen (secondary N) is 2. The number of hydrogen-bond acceptors (Lipinski definition) is 6. The molecule has 0 aliphatic rings. The number of hydrogen-bond donors (Lipinski definition) is 2. The highest BCUT2D eigenvalue weighted by molar-refractivity contribution is 6.34. The van der Waals surface area contributed by atoms with E-state index in [1.165, 1.54) is 64.2 Å². The SMILES string of the molecule is CCCCCCCCCCCCCCOC(=O)C(C)OCNCCc1nc2c(Cl)c(C)[nH]n2n1. The number of H-pyrrole nitrogens is 1. The van der Waals surface area contributed by atoms with Crippen LogP contribution in [0.2, 0.25) is 5.02 Å². The van der Waals surface area contributed by atoms with E-state index in [2.05, 4.69) is 27.4 Å². The predicted octanol–water partition coefficient (Wildman–Crippen LogP) is 5.76. The van der Waals surface area contributed by atoms with E-state index in [0.29, 0.717) is 36.1 Å². The maximum Gasteiger partial charge on any atom is 0.335 e. The van der Waals surface area contributed by atoms with Crippen molar-refractivity contribution in [2.24, 2.45) is 0 Å². The van der Waals surface area contributed by atoms with Crippen LogP contribution in [0.5, 0.6) is 0 Å². The Labute approximate surface area is 209 Å². The number of carbonyl (C=O) groups excluding carboxylic acids is 1. The first-order valence-electron chi connectivity index (χ1n) is 13.1. The molecule has 0 bridgehead atoms. The van der Waals surface area contributed by atoms with Crippen LogP contribution >= 0.6 is 11.6 Å². The van der Waals surface area contributed by atoms with Crippen LogP contribution in [0.25, 0.3) is 5.65 Å². The Hall–Kier alpha value is -1.64. The molecule has 0 aliphatic heterocycles. The van der Waals surface area contributed by atoms with Gasteiger partial charge in [0.25, 0.3) is 0 Å². The molecule has 0 radical (unpaired) electrons.